The van der Waals surface area contributed by atoms with Gasteiger partial charge in [0.2, 0.25) is 0 Å². The summed E-state index contributed by atoms with van der Waals surface area (Å²) in [5.41, 5.74) is 0.637. The zero-order valence-corrected chi connectivity index (χ0v) is 14.3. The van der Waals surface area contributed by atoms with Crippen molar-refractivity contribution in [2.45, 2.75) is 31.7 Å². The molecule has 0 spiro atoms. The Morgan fingerprint density at radius 2 is 2.05 bits per heavy atom. The van der Waals surface area contributed by atoms with Gasteiger partial charge in [0.15, 0.2) is 9.84 Å². The number of sulfone groups is 1. The largest absolute Gasteiger partial charge is 0.337 e. The summed E-state index contributed by atoms with van der Waals surface area (Å²) in [6, 6.07) is 6.89. The summed E-state index contributed by atoms with van der Waals surface area (Å²) in [5, 5.41) is 6.17. The molecule has 0 saturated carbocycles. The van der Waals surface area contributed by atoms with Crippen LogP contribution in [0.25, 0.3) is 0 Å². The van der Waals surface area contributed by atoms with Gasteiger partial charge in [0.25, 0.3) is 0 Å². The smallest absolute Gasteiger partial charge is 0.315 e. The summed E-state index contributed by atoms with van der Waals surface area (Å²) in [7, 11) is -2.99. The van der Waals surface area contributed by atoms with Gasteiger partial charge in [-0.1, -0.05) is 43.6 Å². The molecule has 0 aromatic heterocycles. The van der Waals surface area contributed by atoms with Gasteiger partial charge in [0, 0.05) is 23.0 Å². The van der Waals surface area contributed by atoms with Crippen LogP contribution in [0.4, 0.5) is 4.79 Å². The topological polar surface area (TPSA) is 75.3 Å². The predicted octanol–water partition coefficient (Wildman–Crippen LogP) is 2.10. The molecule has 0 radical (unpaired) electrons. The summed E-state index contributed by atoms with van der Waals surface area (Å²) in [5.74, 6) is 0.164. The van der Waals surface area contributed by atoms with E-state index in [0.717, 1.165) is 5.56 Å². The molecule has 1 aliphatic rings. The van der Waals surface area contributed by atoms with Crippen molar-refractivity contribution in [1.29, 1.82) is 0 Å². The maximum absolute atomic E-state index is 11.9. The highest BCUT2D eigenvalue weighted by molar-refractivity contribution is 7.91. The van der Waals surface area contributed by atoms with Gasteiger partial charge in [-0.15, -0.1) is 0 Å². The first-order valence-corrected chi connectivity index (χ1v) is 9.39. The number of benzene rings is 1. The molecule has 7 heteroatoms. The predicted molar refractivity (Wildman–Crippen MR) is 88.1 cm³/mol. The van der Waals surface area contributed by atoms with Crippen LogP contribution in [0.2, 0.25) is 5.02 Å². The van der Waals surface area contributed by atoms with Crippen LogP contribution < -0.4 is 10.6 Å². The first-order chi connectivity index (χ1) is 10.2. The van der Waals surface area contributed by atoms with Crippen LogP contribution in [0.3, 0.4) is 0 Å². The minimum atomic E-state index is -2.99. The average molecular weight is 345 g/mol. The van der Waals surface area contributed by atoms with E-state index in [1.165, 1.54) is 0 Å². The molecule has 1 aromatic rings. The number of carbonyl (C=O) groups excluding carboxylic acids is 1. The van der Waals surface area contributed by atoms with Crippen LogP contribution in [0.5, 0.6) is 0 Å². The minimum Gasteiger partial charge on any atom is -0.337 e. The highest BCUT2D eigenvalue weighted by Crippen LogP contribution is 2.28. The van der Waals surface area contributed by atoms with E-state index < -0.39 is 9.84 Å². The van der Waals surface area contributed by atoms with E-state index in [-0.39, 0.29) is 29.0 Å². The first kappa shape index (κ1) is 17.1. The molecule has 1 fully saturated rings. The molecule has 2 rings (SSSR count). The highest BCUT2D eigenvalue weighted by atomic mass is 35.5. The second-order valence-electron chi connectivity index (χ2n) is 6.29. The molecule has 122 valence electrons. The molecule has 1 saturated heterocycles. The van der Waals surface area contributed by atoms with Crippen LogP contribution in [0, 0.1) is 0 Å². The van der Waals surface area contributed by atoms with Gasteiger partial charge in [-0.3, -0.25) is 0 Å². The molecule has 0 bridgehead atoms. The van der Waals surface area contributed by atoms with Crippen molar-refractivity contribution >= 4 is 27.5 Å². The third-order valence-electron chi connectivity index (χ3n) is 3.86. The number of urea groups is 1. The Balaban J connectivity index is 1.89. The Morgan fingerprint density at radius 3 is 2.64 bits per heavy atom. The molecule has 0 aliphatic carbocycles. The monoisotopic (exact) mass is 344 g/mol. The van der Waals surface area contributed by atoms with Crippen LogP contribution >= 0.6 is 11.6 Å². The molecule has 1 atom stereocenters. The molecular weight excluding hydrogens is 324 g/mol. The SMILES string of the molecule is CC(C)(CNC(=O)NC1CCS(=O)(=O)C1)c1ccccc1Cl. The van der Waals surface area contributed by atoms with Gasteiger partial charge >= 0.3 is 6.03 Å². The van der Waals surface area contributed by atoms with Gasteiger partial charge < -0.3 is 10.6 Å². The van der Waals surface area contributed by atoms with Crippen molar-refractivity contribution in [3.05, 3.63) is 34.9 Å². The number of amides is 2. The first-order valence-electron chi connectivity index (χ1n) is 7.19. The van der Waals surface area contributed by atoms with Crippen molar-refractivity contribution in [1.82, 2.24) is 10.6 Å². The van der Waals surface area contributed by atoms with E-state index in [1.54, 1.807) is 0 Å². The fourth-order valence-corrected chi connectivity index (χ4v) is 4.62. The normalized spacial score (nSPS) is 20.6. The summed E-state index contributed by atoms with van der Waals surface area (Å²) in [4.78, 5) is 11.9. The van der Waals surface area contributed by atoms with Crippen LogP contribution in [0.15, 0.2) is 24.3 Å². The lowest BCUT2D eigenvalue weighted by Gasteiger charge is -2.27. The van der Waals surface area contributed by atoms with Crippen LogP contribution in [0.1, 0.15) is 25.8 Å². The molecule has 5 nitrogen and oxygen atoms in total. The number of carbonyl (C=O) groups is 1. The van der Waals surface area contributed by atoms with E-state index in [9.17, 15) is 13.2 Å². The Morgan fingerprint density at radius 1 is 1.36 bits per heavy atom. The third kappa shape index (κ3) is 4.36. The fraction of sp³-hybridized carbons (Fsp3) is 0.533. The number of hydrogen-bond acceptors (Lipinski definition) is 3. The van der Waals surface area contributed by atoms with E-state index in [2.05, 4.69) is 10.6 Å². The van der Waals surface area contributed by atoms with Crippen molar-refractivity contribution in [2.24, 2.45) is 0 Å². The Bertz CT molecular complexity index is 659. The van der Waals surface area contributed by atoms with Crippen LogP contribution in [-0.2, 0) is 15.3 Å². The zero-order valence-electron chi connectivity index (χ0n) is 12.7. The maximum Gasteiger partial charge on any atom is 0.315 e. The maximum atomic E-state index is 11.9. The number of halogens is 1. The second-order valence-corrected chi connectivity index (χ2v) is 8.93. The van der Waals surface area contributed by atoms with Gasteiger partial charge in [0.1, 0.15) is 0 Å². The van der Waals surface area contributed by atoms with E-state index in [1.807, 2.05) is 38.1 Å². The number of hydrogen-bond donors (Lipinski definition) is 2. The Hall–Kier alpha value is -1.27. The Kier molecular flexibility index (Phi) is 5.02. The summed E-state index contributed by atoms with van der Waals surface area (Å²) < 4.78 is 22.8. The lowest BCUT2D eigenvalue weighted by molar-refractivity contribution is 0.235. The molecule has 2 amide bonds. The van der Waals surface area contributed by atoms with Gasteiger partial charge in [0.05, 0.1) is 11.5 Å². The number of nitrogens with one attached hydrogen (secondary N) is 2. The van der Waals surface area contributed by atoms with Crippen molar-refractivity contribution < 1.29 is 13.2 Å². The highest BCUT2D eigenvalue weighted by Gasteiger charge is 2.29. The molecule has 1 unspecified atom stereocenters. The van der Waals surface area contributed by atoms with E-state index in [4.69, 9.17) is 11.6 Å². The molecular formula is C15H21ClN2O3S. The lowest BCUT2D eigenvalue weighted by atomic mass is 9.84. The van der Waals surface area contributed by atoms with E-state index in [0.29, 0.717) is 18.0 Å². The zero-order chi connectivity index (χ0) is 16.4. The van der Waals surface area contributed by atoms with Crippen molar-refractivity contribution in [3.63, 3.8) is 0 Å². The molecule has 1 aromatic carbocycles. The molecule has 1 heterocycles. The standard InChI is InChI=1S/C15H21ClN2O3S/c1-15(2,12-5-3-4-6-13(12)16)10-17-14(19)18-11-7-8-22(20,21)9-11/h3-6,11H,7-10H2,1-2H3,(H2,17,18,19). The summed E-state index contributed by atoms with van der Waals surface area (Å²) >= 11 is 6.20. The van der Waals surface area contributed by atoms with Crippen molar-refractivity contribution in [2.75, 3.05) is 18.1 Å². The minimum absolute atomic E-state index is 0.0221. The van der Waals surface area contributed by atoms with Crippen molar-refractivity contribution in [3.8, 4) is 0 Å². The summed E-state index contributed by atoms with van der Waals surface area (Å²) in [6.07, 6.45) is 0.476. The molecule has 2 N–H and O–H groups in total. The third-order valence-corrected chi connectivity index (χ3v) is 5.96. The Labute approximate surface area is 136 Å². The number of rotatable bonds is 4. The average Bonchev–Trinajstić information content (AvgIpc) is 2.76. The molecule has 22 heavy (non-hydrogen) atoms. The van der Waals surface area contributed by atoms with Gasteiger partial charge in [-0.2, -0.15) is 0 Å². The quantitative estimate of drug-likeness (QED) is 0.878. The van der Waals surface area contributed by atoms with Gasteiger partial charge in [-0.25, -0.2) is 13.2 Å². The van der Waals surface area contributed by atoms with Crippen LogP contribution in [-0.4, -0.2) is 38.5 Å². The fourth-order valence-electron chi connectivity index (χ4n) is 2.55. The molecule has 1 aliphatic heterocycles. The van der Waals surface area contributed by atoms with E-state index >= 15 is 0 Å². The summed E-state index contributed by atoms with van der Waals surface area (Å²) in [6.45, 7) is 4.39. The van der Waals surface area contributed by atoms with Gasteiger partial charge in [-0.05, 0) is 18.1 Å². The lowest BCUT2D eigenvalue weighted by Crippen LogP contribution is -2.46. The second kappa shape index (κ2) is 6.46.